The Morgan fingerprint density at radius 2 is 1.90 bits per heavy atom. The number of piperidine rings is 1. The van der Waals surface area contributed by atoms with Crippen molar-refractivity contribution in [2.45, 2.75) is 52.0 Å². The summed E-state index contributed by atoms with van der Waals surface area (Å²) in [4.78, 5) is 19.9. The van der Waals surface area contributed by atoms with Gasteiger partial charge in [0.2, 0.25) is 15.9 Å². The molecule has 1 amide bonds. The fraction of sp³-hybridized carbons (Fsp3) is 0.545. The molecule has 1 aromatic heterocycles. The van der Waals surface area contributed by atoms with Crippen LogP contribution in [0.2, 0.25) is 0 Å². The Morgan fingerprint density at radius 3 is 2.48 bits per heavy atom. The molecule has 0 radical (unpaired) electrons. The molecule has 0 bridgehead atoms. The van der Waals surface area contributed by atoms with E-state index in [0.717, 1.165) is 43.2 Å². The predicted molar refractivity (Wildman–Crippen MR) is 125 cm³/mol. The highest BCUT2D eigenvalue weighted by molar-refractivity contribution is 7.89. The molecule has 1 N–H and O–H groups in total. The average Bonchev–Trinajstić information content (AvgIpc) is 3.15. The van der Waals surface area contributed by atoms with Gasteiger partial charge in [-0.05, 0) is 57.5 Å². The van der Waals surface area contributed by atoms with E-state index >= 15 is 0 Å². The van der Waals surface area contributed by atoms with Crippen LogP contribution in [0.5, 0.6) is 0 Å². The molecule has 2 heterocycles. The molecule has 31 heavy (non-hydrogen) atoms. The molecule has 170 valence electrons. The molecule has 1 aliphatic heterocycles. The lowest BCUT2D eigenvalue weighted by Crippen LogP contribution is -2.37. The molecule has 0 unspecified atom stereocenters. The Morgan fingerprint density at radius 1 is 1.23 bits per heavy atom. The van der Waals surface area contributed by atoms with Gasteiger partial charge in [-0.3, -0.25) is 9.69 Å². The minimum absolute atomic E-state index is 0.0424. The summed E-state index contributed by atoms with van der Waals surface area (Å²) in [5.74, 6) is -0.114. The largest absolute Gasteiger partial charge is 0.326 e. The van der Waals surface area contributed by atoms with E-state index in [-0.39, 0.29) is 16.7 Å². The van der Waals surface area contributed by atoms with E-state index in [1.165, 1.54) is 4.31 Å². The highest BCUT2D eigenvalue weighted by Gasteiger charge is 2.27. The van der Waals surface area contributed by atoms with Crippen molar-refractivity contribution in [2.24, 2.45) is 5.92 Å². The van der Waals surface area contributed by atoms with Gasteiger partial charge in [0.1, 0.15) is 0 Å². The second-order valence-corrected chi connectivity index (χ2v) is 10.9. The molecule has 3 rings (SSSR count). The first-order valence-corrected chi connectivity index (χ1v) is 13.1. The number of sulfonamides is 1. The van der Waals surface area contributed by atoms with Crippen molar-refractivity contribution in [3.63, 3.8) is 0 Å². The number of nitrogens with one attached hydrogen (secondary N) is 1. The molecule has 0 atom stereocenters. The third kappa shape index (κ3) is 5.71. The molecule has 1 fully saturated rings. The van der Waals surface area contributed by atoms with Gasteiger partial charge < -0.3 is 5.32 Å². The number of carbonyl (C=O) groups excluding carboxylic acids is 1. The summed E-state index contributed by atoms with van der Waals surface area (Å²) in [6, 6.07) is 5.11. The van der Waals surface area contributed by atoms with E-state index in [2.05, 4.69) is 20.6 Å². The number of carbonyl (C=O) groups is 1. The number of likely N-dealkylation sites (tertiary alicyclic amines) is 1. The highest BCUT2D eigenvalue weighted by atomic mass is 32.2. The van der Waals surface area contributed by atoms with Crippen LogP contribution in [-0.4, -0.2) is 54.7 Å². The summed E-state index contributed by atoms with van der Waals surface area (Å²) in [5, 5.41) is 6.11. The zero-order valence-corrected chi connectivity index (χ0v) is 20.4. The maximum absolute atomic E-state index is 12.9. The summed E-state index contributed by atoms with van der Waals surface area (Å²) >= 11 is 1.66. The van der Waals surface area contributed by atoms with E-state index in [4.69, 9.17) is 0 Å². The normalized spacial score (nSPS) is 16.0. The number of nitrogens with zero attached hydrogens (tertiary/aromatic N) is 3. The zero-order chi connectivity index (χ0) is 22.6. The monoisotopic (exact) mass is 464 g/mol. The fourth-order valence-electron chi connectivity index (χ4n) is 3.97. The number of hydrogen-bond donors (Lipinski definition) is 1. The third-order valence-corrected chi connectivity index (χ3v) is 8.80. The second kappa shape index (κ2) is 10.2. The van der Waals surface area contributed by atoms with Crippen LogP contribution in [0.1, 0.15) is 43.0 Å². The molecule has 0 spiro atoms. The first-order chi connectivity index (χ1) is 14.7. The number of benzene rings is 1. The van der Waals surface area contributed by atoms with Crippen molar-refractivity contribution in [1.82, 2.24) is 14.2 Å². The number of rotatable bonds is 8. The average molecular weight is 465 g/mol. The van der Waals surface area contributed by atoms with E-state index in [1.54, 1.807) is 36.5 Å². The van der Waals surface area contributed by atoms with Gasteiger partial charge >= 0.3 is 0 Å². The van der Waals surface area contributed by atoms with Crippen LogP contribution < -0.4 is 5.32 Å². The van der Waals surface area contributed by atoms with E-state index in [0.29, 0.717) is 24.3 Å². The number of anilines is 1. The van der Waals surface area contributed by atoms with Crippen LogP contribution in [-0.2, 0) is 21.4 Å². The number of aryl methyl sites for hydroxylation is 2. The van der Waals surface area contributed by atoms with Gasteiger partial charge in [-0.2, -0.15) is 4.31 Å². The van der Waals surface area contributed by atoms with Gasteiger partial charge in [0, 0.05) is 36.6 Å². The van der Waals surface area contributed by atoms with Crippen LogP contribution in [0.15, 0.2) is 28.5 Å². The third-order valence-electron chi connectivity index (χ3n) is 5.79. The SMILES string of the molecule is CCN(CC)S(=O)(=O)c1cc(NC(=O)C2CCN(Cc3csc(C)n3)CC2)ccc1C. The smallest absolute Gasteiger partial charge is 0.243 e. The van der Waals surface area contributed by atoms with Crippen molar-refractivity contribution >= 4 is 33.0 Å². The number of aromatic nitrogens is 1. The van der Waals surface area contributed by atoms with Crippen LogP contribution in [0.4, 0.5) is 5.69 Å². The molecule has 1 aromatic carbocycles. The molecule has 9 heteroatoms. The fourth-order valence-corrected chi connectivity index (χ4v) is 6.28. The Labute approximate surface area is 189 Å². The summed E-state index contributed by atoms with van der Waals surface area (Å²) < 4.78 is 27.3. The molecule has 7 nitrogen and oxygen atoms in total. The highest BCUT2D eigenvalue weighted by Crippen LogP contribution is 2.26. The van der Waals surface area contributed by atoms with Gasteiger partial charge in [0.05, 0.1) is 15.6 Å². The van der Waals surface area contributed by atoms with Crippen molar-refractivity contribution in [1.29, 1.82) is 0 Å². The molecular formula is C22H32N4O3S2. The minimum Gasteiger partial charge on any atom is -0.326 e. The molecular weight excluding hydrogens is 432 g/mol. The van der Waals surface area contributed by atoms with Crippen LogP contribution in [0.25, 0.3) is 0 Å². The Balaban J connectivity index is 1.62. The maximum atomic E-state index is 12.9. The van der Waals surface area contributed by atoms with Crippen molar-refractivity contribution < 1.29 is 13.2 Å². The Hall–Kier alpha value is -1.81. The van der Waals surface area contributed by atoms with Gasteiger partial charge in [-0.1, -0.05) is 19.9 Å². The maximum Gasteiger partial charge on any atom is 0.243 e. The molecule has 0 aliphatic carbocycles. The summed E-state index contributed by atoms with van der Waals surface area (Å²) in [5.41, 5.74) is 2.30. The predicted octanol–water partition coefficient (Wildman–Crippen LogP) is 3.64. The van der Waals surface area contributed by atoms with E-state index < -0.39 is 10.0 Å². The van der Waals surface area contributed by atoms with Crippen molar-refractivity contribution in [3.8, 4) is 0 Å². The van der Waals surface area contributed by atoms with Crippen LogP contribution in [0, 0.1) is 19.8 Å². The first kappa shape index (κ1) is 23.8. The topological polar surface area (TPSA) is 82.6 Å². The second-order valence-electron chi connectivity index (χ2n) is 7.97. The summed E-state index contributed by atoms with van der Waals surface area (Å²) in [7, 11) is -3.58. The van der Waals surface area contributed by atoms with Crippen molar-refractivity contribution in [2.75, 3.05) is 31.5 Å². The number of hydrogen-bond acceptors (Lipinski definition) is 6. The molecule has 1 saturated heterocycles. The lowest BCUT2D eigenvalue weighted by atomic mass is 9.95. The van der Waals surface area contributed by atoms with Gasteiger partial charge in [-0.25, -0.2) is 13.4 Å². The number of amides is 1. The summed E-state index contributed by atoms with van der Waals surface area (Å²) in [6.45, 7) is 10.8. The van der Waals surface area contributed by atoms with Crippen LogP contribution >= 0.6 is 11.3 Å². The Bertz CT molecular complexity index is 1010. The van der Waals surface area contributed by atoms with Crippen molar-refractivity contribution in [3.05, 3.63) is 39.8 Å². The number of thiazole rings is 1. The minimum atomic E-state index is -3.58. The standard InChI is InChI=1S/C22H32N4O3S2/c1-5-26(6-2)31(28,29)21-13-19(8-7-16(21)3)24-22(27)18-9-11-25(12-10-18)14-20-15-30-17(4)23-20/h7-8,13,15,18H,5-6,9-12,14H2,1-4H3,(H,24,27). The first-order valence-electron chi connectivity index (χ1n) is 10.8. The van der Waals surface area contributed by atoms with Crippen LogP contribution in [0.3, 0.4) is 0 Å². The quantitative estimate of drug-likeness (QED) is 0.645. The van der Waals surface area contributed by atoms with E-state index in [1.807, 2.05) is 20.8 Å². The molecule has 0 saturated carbocycles. The van der Waals surface area contributed by atoms with Gasteiger partial charge in [0.25, 0.3) is 0 Å². The van der Waals surface area contributed by atoms with Gasteiger partial charge in [0.15, 0.2) is 0 Å². The lowest BCUT2D eigenvalue weighted by Gasteiger charge is -2.30. The lowest BCUT2D eigenvalue weighted by molar-refractivity contribution is -0.121. The zero-order valence-electron chi connectivity index (χ0n) is 18.7. The molecule has 1 aliphatic rings. The summed E-state index contributed by atoms with van der Waals surface area (Å²) in [6.07, 6.45) is 1.57. The Kier molecular flexibility index (Phi) is 7.85. The molecule has 2 aromatic rings. The van der Waals surface area contributed by atoms with Gasteiger partial charge in [-0.15, -0.1) is 11.3 Å². The van der Waals surface area contributed by atoms with E-state index in [9.17, 15) is 13.2 Å².